The Morgan fingerprint density at radius 3 is 2.68 bits per heavy atom. The number of hydrogen-bond donors (Lipinski definition) is 2. The first-order valence-corrected chi connectivity index (χ1v) is 9.26. The van der Waals surface area contributed by atoms with Crippen LogP contribution in [0.3, 0.4) is 0 Å². The Morgan fingerprint density at radius 1 is 1.14 bits per heavy atom. The van der Waals surface area contributed by atoms with E-state index in [9.17, 15) is 0 Å². The van der Waals surface area contributed by atoms with Crippen molar-refractivity contribution in [2.75, 3.05) is 24.1 Å². The zero-order valence-electron chi connectivity index (χ0n) is 12.9. The topological polar surface area (TPSA) is 54.2 Å². The Balaban J connectivity index is 1.37. The molecule has 4 rings (SSSR count). The molecule has 2 fully saturated rings. The van der Waals surface area contributed by atoms with Gasteiger partial charge in [-0.1, -0.05) is 24.2 Å². The van der Waals surface area contributed by atoms with E-state index in [4.69, 9.17) is 5.73 Å². The van der Waals surface area contributed by atoms with Crippen LogP contribution in [0.2, 0.25) is 0 Å². The maximum absolute atomic E-state index is 5.85. The van der Waals surface area contributed by atoms with Crippen LogP contribution < -0.4 is 11.1 Å². The standard InChI is InChI=1S/C17H24N4S/c18-12-5-6-15-16(11-12)22-17(20-15)19-13-7-9-21(10-8-13)14-3-1-2-4-14/h5-6,11,13-14H,1-4,7-10,18H2,(H,19,20). The third-order valence-electron chi connectivity index (χ3n) is 5.11. The second-order valence-electron chi connectivity index (χ2n) is 6.64. The molecule has 0 atom stereocenters. The SMILES string of the molecule is Nc1ccc2nc(NC3CCN(C4CCCC4)CC3)sc2c1. The Labute approximate surface area is 135 Å². The lowest BCUT2D eigenvalue weighted by Gasteiger charge is -2.36. The van der Waals surface area contributed by atoms with E-state index in [2.05, 4.69) is 15.2 Å². The second kappa shape index (κ2) is 6.05. The molecule has 5 heteroatoms. The van der Waals surface area contributed by atoms with Gasteiger partial charge in [0.25, 0.3) is 0 Å². The number of likely N-dealkylation sites (tertiary alicyclic amines) is 1. The molecular weight excluding hydrogens is 292 g/mol. The van der Waals surface area contributed by atoms with Gasteiger partial charge in [0, 0.05) is 30.9 Å². The molecule has 0 spiro atoms. The number of piperidine rings is 1. The van der Waals surface area contributed by atoms with E-state index in [1.54, 1.807) is 11.3 Å². The molecule has 3 N–H and O–H groups in total. The van der Waals surface area contributed by atoms with Crippen molar-refractivity contribution in [2.24, 2.45) is 0 Å². The van der Waals surface area contributed by atoms with Crippen molar-refractivity contribution < 1.29 is 0 Å². The average molecular weight is 316 g/mol. The second-order valence-corrected chi connectivity index (χ2v) is 7.67. The molecule has 4 nitrogen and oxygen atoms in total. The predicted molar refractivity (Wildman–Crippen MR) is 94.5 cm³/mol. The number of nitrogen functional groups attached to an aromatic ring is 1. The molecular formula is C17H24N4S. The van der Waals surface area contributed by atoms with Crippen LogP contribution in [0.15, 0.2) is 18.2 Å². The summed E-state index contributed by atoms with van der Waals surface area (Å²) in [5.74, 6) is 0. The van der Waals surface area contributed by atoms with Crippen molar-refractivity contribution >= 4 is 32.4 Å². The molecule has 0 amide bonds. The average Bonchev–Trinajstić information content (AvgIpc) is 3.16. The largest absolute Gasteiger partial charge is 0.399 e. The minimum absolute atomic E-state index is 0.565. The van der Waals surface area contributed by atoms with Crippen LogP contribution in [0.5, 0.6) is 0 Å². The zero-order valence-corrected chi connectivity index (χ0v) is 13.7. The summed E-state index contributed by atoms with van der Waals surface area (Å²) in [7, 11) is 0. The fourth-order valence-electron chi connectivity index (χ4n) is 3.86. The number of hydrogen-bond acceptors (Lipinski definition) is 5. The van der Waals surface area contributed by atoms with Gasteiger partial charge < -0.3 is 16.0 Å². The van der Waals surface area contributed by atoms with Crippen molar-refractivity contribution in [1.29, 1.82) is 0 Å². The van der Waals surface area contributed by atoms with Crippen LogP contribution in [-0.2, 0) is 0 Å². The lowest BCUT2D eigenvalue weighted by molar-refractivity contribution is 0.159. The number of anilines is 2. The van der Waals surface area contributed by atoms with Gasteiger partial charge in [-0.3, -0.25) is 0 Å². The van der Waals surface area contributed by atoms with Crippen molar-refractivity contribution in [3.05, 3.63) is 18.2 Å². The number of benzene rings is 1. The molecule has 22 heavy (non-hydrogen) atoms. The lowest BCUT2D eigenvalue weighted by atomic mass is 10.0. The van der Waals surface area contributed by atoms with Gasteiger partial charge in [0.15, 0.2) is 5.13 Å². The van der Waals surface area contributed by atoms with Gasteiger partial charge >= 0.3 is 0 Å². The molecule has 1 aliphatic carbocycles. The van der Waals surface area contributed by atoms with Gasteiger partial charge in [0.1, 0.15) is 0 Å². The maximum Gasteiger partial charge on any atom is 0.184 e. The molecule has 2 aromatic rings. The summed E-state index contributed by atoms with van der Waals surface area (Å²) in [5.41, 5.74) is 7.70. The summed E-state index contributed by atoms with van der Waals surface area (Å²) in [4.78, 5) is 7.40. The summed E-state index contributed by atoms with van der Waals surface area (Å²) in [6, 6.07) is 7.38. The molecule has 2 heterocycles. The van der Waals surface area contributed by atoms with E-state index >= 15 is 0 Å². The Bertz CT molecular complexity index is 639. The fraction of sp³-hybridized carbons (Fsp3) is 0.588. The number of nitrogens with one attached hydrogen (secondary N) is 1. The van der Waals surface area contributed by atoms with Gasteiger partial charge in [-0.15, -0.1) is 0 Å². The summed E-state index contributed by atoms with van der Waals surface area (Å²) in [6.45, 7) is 2.47. The Kier molecular flexibility index (Phi) is 3.92. The first kappa shape index (κ1) is 14.3. The monoisotopic (exact) mass is 316 g/mol. The quantitative estimate of drug-likeness (QED) is 0.848. The van der Waals surface area contributed by atoms with Gasteiger partial charge in [-0.25, -0.2) is 4.98 Å². The summed E-state index contributed by atoms with van der Waals surface area (Å²) in [5, 5.41) is 4.68. The van der Waals surface area contributed by atoms with Crippen LogP contribution in [-0.4, -0.2) is 35.1 Å². The summed E-state index contributed by atoms with van der Waals surface area (Å²) >= 11 is 1.72. The van der Waals surface area contributed by atoms with Crippen LogP contribution >= 0.6 is 11.3 Å². The van der Waals surface area contributed by atoms with E-state index < -0.39 is 0 Å². The van der Waals surface area contributed by atoms with E-state index in [1.165, 1.54) is 56.3 Å². The summed E-state index contributed by atoms with van der Waals surface area (Å²) in [6.07, 6.45) is 8.15. The highest BCUT2D eigenvalue weighted by Gasteiger charge is 2.27. The highest BCUT2D eigenvalue weighted by atomic mass is 32.1. The molecule has 1 saturated carbocycles. The van der Waals surface area contributed by atoms with Crippen LogP contribution in [0, 0.1) is 0 Å². The molecule has 118 valence electrons. The Morgan fingerprint density at radius 2 is 1.91 bits per heavy atom. The number of aromatic nitrogens is 1. The normalized spacial score (nSPS) is 21.6. The number of thiazole rings is 1. The highest BCUT2D eigenvalue weighted by Crippen LogP contribution is 2.30. The number of nitrogens with two attached hydrogens (primary N) is 1. The van der Waals surface area contributed by atoms with Crippen molar-refractivity contribution in [1.82, 2.24) is 9.88 Å². The lowest BCUT2D eigenvalue weighted by Crippen LogP contribution is -2.43. The number of rotatable bonds is 3. The first-order valence-electron chi connectivity index (χ1n) is 8.44. The maximum atomic E-state index is 5.85. The Hall–Kier alpha value is -1.33. The van der Waals surface area contributed by atoms with Crippen LogP contribution in [0.25, 0.3) is 10.2 Å². The molecule has 1 aromatic carbocycles. The van der Waals surface area contributed by atoms with Gasteiger partial charge in [-0.2, -0.15) is 0 Å². The molecule has 0 unspecified atom stereocenters. The van der Waals surface area contributed by atoms with Crippen LogP contribution in [0.4, 0.5) is 10.8 Å². The molecule has 0 radical (unpaired) electrons. The molecule has 1 aromatic heterocycles. The third-order valence-corrected chi connectivity index (χ3v) is 6.06. The van der Waals surface area contributed by atoms with Crippen molar-refractivity contribution in [3.63, 3.8) is 0 Å². The first-order chi connectivity index (χ1) is 10.8. The van der Waals surface area contributed by atoms with Crippen molar-refractivity contribution in [2.45, 2.75) is 50.6 Å². The predicted octanol–water partition coefficient (Wildman–Crippen LogP) is 3.70. The number of nitrogens with zero attached hydrogens (tertiary/aromatic N) is 2. The smallest absolute Gasteiger partial charge is 0.184 e. The molecule has 1 saturated heterocycles. The van der Waals surface area contributed by atoms with Crippen LogP contribution in [0.1, 0.15) is 38.5 Å². The van der Waals surface area contributed by atoms with E-state index in [0.717, 1.165) is 22.4 Å². The van der Waals surface area contributed by atoms with E-state index in [0.29, 0.717) is 6.04 Å². The van der Waals surface area contributed by atoms with Crippen molar-refractivity contribution in [3.8, 4) is 0 Å². The molecule has 0 bridgehead atoms. The third kappa shape index (κ3) is 2.92. The minimum atomic E-state index is 0.565. The van der Waals surface area contributed by atoms with Gasteiger partial charge in [-0.05, 0) is 43.9 Å². The minimum Gasteiger partial charge on any atom is -0.399 e. The number of fused-ring (bicyclic) bond motifs is 1. The zero-order chi connectivity index (χ0) is 14.9. The summed E-state index contributed by atoms with van der Waals surface area (Å²) < 4.78 is 1.17. The van der Waals surface area contributed by atoms with E-state index in [-0.39, 0.29) is 0 Å². The highest BCUT2D eigenvalue weighted by molar-refractivity contribution is 7.22. The molecule has 2 aliphatic rings. The fourth-order valence-corrected chi connectivity index (χ4v) is 4.85. The van der Waals surface area contributed by atoms with E-state index in [1.807, 2.05) is 18.2 Å². The van der Waals surface area contributed by atoms with Gasteiger partial charge in [0.05, 0.1) is 10.2 Å². The van der Waals surface area contributed by atoms with Gasteiger partial charge in [0.2, 0.25) is 0 Å². The molecule has 1 aliphatic heterocycles.